The van der Waals surface area contributed by atoms with Crippen molar-refractivity contribution >= 4 is 16.0 Å². The molecule has 7 nitrogen and oxygen atoms in total. The molecular formula is C12H20N2O5S. The zero-order valence-electron chi connectivity index (χ0n) is 11.5. The highest BCUT2D eigenvalue weighted by Gasteiger charge is 2.23. The van der Waals surface area contributed by atoms with Crippen LogP contribution in [-0.2, 0) is 16.6 Å². The number of hydrogen-bond acceptors (Lipinski definition) is 4. The van der Waals surface area contributed by atoms with E-state index in [4.69, 9.17) is 10.2 Å². The summed E-state index contributed by atoms with van der Waals surface area (Å²) in [7, 11) is -3.83. The smallest absolute Gasteiger partial charge is 0.352 e. The van der Waals surface area contributed by atoms with E-state index < -0.39 is 22.0 Å². The molecule has 114 valence electrons. The predicted molar refractivity (Wildman–Crippen MR) is 73.2 cm³/mol. The number of aliphatic hydroxyl groups excluding tert-OH is 1. The van der Waals surface area contributed by atoms with Crippen molar-refractivity contribution in [3.05, 3.63) is 18.0 Å². The lowest BCUT2D eigenvalue weighted by Gasteiger charge is -2.13. The number of aromatic nitrogens is 1. The molecule has 0 aliphatic rings. The average Bonchev–Trinajstić information content (AvgIpc) is 2.81. The van der Waals surface area contributed by atoms with Gasteiger partial charge in [0.15, 0.2) is 0 Å². The van der Waals surface area contributed by atoms with Gasteiger partial charge in [-0.2, -0.15) is 0 Å². The van der Waals surface area contributed by atoms with E-state index in [-0.39, 0.29) is 17.2 Å². The van der Waals surface area contributed by atoms with Crippen LogP contribution >= 0.6 is 0 Å². The van der Waals surface area contributed by atoms with E-state index in [9.17, 15) is 13.2 Å². The van der Waals surface area contributed by atoms with Crippen LogP contribution in [0.1, 0.15) is 37.2 Å². The molecule has 0 spiro atoms. The number of carboxylic acid groups (broad SMARTS) is 1. The summed E-state index contributed by atoms with van der Waals surface area (Å²) in [5, 5.41) is 18.1. The summed E-state index contributed by atoms with van der Waals surface area (Å²) in [6, 6.07) is 0.549. The van der Waals surface area contributed by atoms with Crippen molar-refractivity contribution < 1.29 is 23.4 Å². The second kappa shape index (κ2) is 6.87. The van der Waals surface area contributed by atoms with Crippen molar-refractivity contribution in [3.8, 4) is 0 Å². The number of aliphatic hydroxyl groups is 1. The zero-order chi connectivity index (χ0) is 15.3. The third-order valence-corrected chi connectivity index (χ3v) is 4.39. The Bertz CT molecular complexity index is 560. The van der Waals surface area contributed by atoms with Gasteiger partial charge in [-0.05, 0) is 18.9 Å². The first-order chi connectivity index (χ1) is 9.35. The zero-order valence-corrected chi connectivity index (χ0v) is 12.4. The van der Waals surface area contributed by atoms with Gasteiger partial charge in [-0.1, -0.05) is 13.8 Å². The number of aromatic carboxylic acids is 1. The molecule has 0 saturated heterocycles. The molecule has 0 aliphatic heterocycles. The molecule has 1 unspecified atom stereocenters. The van der Waals surface area contributed by atoms with Gasteiger partial charge in [-0.3, -0.25) is 0 Å². The molecule has 8 heteroatoms. The molecule has 1 aromatic heterocycles. The second-order valence-corrected chi connectivity index (χ2v) is 6.18. The number of rotatable bonds is 8. The number of aryl methyl sites for hydroxylation is 1. The van der Waals surface area contributed by atoms with Gasteiger partial charge in [0.05, 0.1) is 6.61 Å². The SMILES string of the molecule is CCCn1cc(S(=O)(=O)NC(CC)CO)cc1C(=O)O. The van der Waals surface area contributed by atoms with Crippen molar-refractivity contribution in [3.63, 3.8) is 0 Å². The van der Waals surface area contributed by atoms with Crippen LogP contribution < -0.4 is 4.72 Å². The third-order valence-electron chi connectivity index (χ3n) is 2.90. The lowest BCUT2D eigenvalue weighted by Crippen LogP contribution is -2.36. The van der Waals surface area contributed by atoms with E-state index in [2.05, 4.69) is 4.72 Å². The fourth-order valence-corrected chi connectivity index (χ4v) is 3.12. The standard InChI is InChI=1S/C12H20N2O5S/c1-3-5-14-7-10(6-11(14)12(16)17)20(18,19)13-9(4-2)8-15/h6-7,9,13,15H,3-5,8H2,1-2H3,(H,16,17). The van der Waals surface area contributed by atoms with Gasteiger partial charge in [0.1, 0.15) is 10.6 Å². The van der Waals surface area contributed by atoms with Gasteiger partial charge in [0.2, 0.25) is 10.0 Å². The number of nitrogens with zero attached hydrogens (tertiary/aromatic N) is 1. The maximum atomic E-state index is 12.1. The highest BCUT2D eigenvalue weighted by atomic mass is 32.2. The fraction of sp³-hybridized carbons (Fsp3) is 0.583. The molecule has 1 rings (SSSR count). The molecule has 0 radical (unpaired) electrons. The lowest BCUT2D eigenvalue weighted by atomic mass is 10.3. The second-order valence-electron chi connectivity index (χ2n) is 4.47. The average molecular weight is 304 g/mol. The molecule has 1 atom stereocenters. The molecule has 3 N–H and O–H groups in total. The molecule has 0 aliphatic carbocycles. The minimum absolute atomic E-state index is 0.0655. The number of nitrogens with one attached hydrogen (secondary N) is 1. The molecule has 20 heavy (non-hydrogen) atoms. The first kappa shape index (κ1) is 16.7. The first-order valence-electron chi connectivity index (χ1n) is 6.42. The Morgan fingerprint density at radius 1 is 1.45 bits per heavy atom. The summed E-state index contributed by atoms with van der Waals surface area (Å²) in [5.41, 5.74) is -0.0655. The number of carbonyl (C=O) groups is 1. The molecule has 0 amide bonds. The lowest BCUT2D eigenvalue weighted by molar-refractivity contribution is 0.0685. The number of carboxylic acids is 1. The number of sulfonamides is 1. The van der Waals surface area contributed by atoms with Crippen LogP contribution in [0.15, 0.2) is 17.2 Å². The fourth-order valence-electron chi connectivity index (χ4n) is 1.77. The maximum Gasteiger partial charge on any atom is 0.352 e. The highest BCUT2D eigenvalue weighted by molar-refractivity contribution is 7.89. The van der Waals surface area contributed by atoms with Crippen molar-refractivity contribution in [1.29, 1.82) is 0 Å². The molecule has 0 aromatic carbocycles. The Morgan fingerprint density at radius 3 is 2.55 bits per heavy atom. The Balaban J connectivity index is 3.12. The highest BCUT2D eigenvalue weighted by Crippen LogP contribution is 2.16. The van der Waals surface area contributed by atoms with Crippen LogP contribution in [0.25, 0.3) is 0 Å². The van der Waals surface area contributed by atoms with Gasteiger partial charge < -0.3 is 14.8 Å². The molecule has 1 heterocycles. The van der Waals surface area contributed by atoms with Crippen LogP contribution in [0.5, 0.6) is 0 Å². The van der Waals surface area contributed by atoms with E-state index >= 15 is 0 Å². The Kier molecular flexibility index (Phi) is 5.73. The van der Waals surface area contributed by atoms with Crippen LogP contribution in [0.3, 0.4) is 0 Å². The Hall–Kier alpha value is -1.38. The monoisotopic (exact) mass is 304 g/mol. The van der Waals surface area contributed by atoms with E-state index in [1.54, 1.807) is 6.92 Å². The van der Waals surface area contributed by atoms with Gasteiger partial charge in [0, 0.05) is 18.8 Å². The molecule has 0 fully saturated rings. The van der Waals surface area contributed by atoms with Crippen molar-refractivity contribution in [2.75, 3.05) is 6.61 Å². The van der Waals surface area contributed by atoms with E-state index in [0.717, 1.165) is 6.07 Å². The molecule has 0 bridgehead atoms. The van der Waals surface area contributed by atoms with Gasteiger partial charge >= 0.3 is 5.97 Å². The van der Waals surface area contributed by atoms with Crippen LogP contribution in [-0.4, -0.2) is 41.8 Å². The third kappa shape index (κ3) is 3.81. The molecule has 1 aromatic rings. The summed E-state index contributed by atoms with van der Waals surface area (Å²) in [4.78, 5) is 11.0. The van der Waals surface area contributed by atoms with E-state index in [1.807, 2.05) is 6.92 Å². The molecular weight excluding hydrogens is 284 g/mol. The predicted octanol–water partition coefficient (Wildman–Crippen LogP) is 0.645. The van der Waals surface area contributed by atoms with Gasteiger partial charge in [-0.25, -0.2) is 17.9 Å². The van der Waals surface area contributed by atoms with Gasteiger partial charge in [0.25, 0.3) is 0 Å². The van der Waals surface area contributed by atoms with Crippen molar-refractivity contribution in [2.45, 2.75) is 44.2 Å². The van der Waals surface area contributed by atoms with E-state index in [1.165, 1.54) is 10.8 Å². The van der Waals surface area contributed by atoms with E-state index in [0.29, 0.717) is 19.4 Å². The number of hydrogen-bond donors (Lipinski definition) is 3. The summed E-state index contributed by atoms with van der Waals surface area (Å²) in [5.74, 6) is -1.17. The van der Waals surface area contributed by atoms with Crippen LogP contribution in [0.2, 0.25) is 0 Å². The summed E-state index contributed by atoms with van der Waals surface area (Å²) in [6.07, 6.45) is 2.44. The maximum absolute atomic E-state index is 12.1. The van der Waals surface area contributed by atoms with Crippen molar-refractivity contribution in [1.82, 2.24) is 9.29 Å². The quantitative estimate of drug-likeness (QED) is 0.653. The Morgan fingerprint density at radius 2 is 2.10 bits per heavy atom. The summed E-state index contributed by atoms with van der Waals surface area (Å²) >= 11 is 0. The first-order valence-corrected chi connectivity index (χ1v) is 7.90. The van der Waals surface area contributed by atoms with Gasteiger partial charge in [-0.15, -0.1) is 0 Å². The summed E-state index contributed by atoms with van der Waals surface area (Å²) in [6.45, 7) is 3.73. The normalized spacial score (nSPS) is 13.3. The van der Waals surface area contributed by atoms with Crippen molar-refractivity contribution in [2.24, 2.45) is 0 Å². The minimum atomic E-state index is -3.83. The van der Waals surface area contributed by atoms with Crippen LogP contribution in [0, 0.1) is 0 Å². The summed E-state index contributed by atoms with van der Waals surface area (Å²) < 4.78 is 28.0. The van der Waals surface area contributed by atoms with Crippen LogP contribution in [0.4, 0.5) is 0 Å². The largest absolute Gasteiger partial charge is 0.477 e. The minimum Gasteiger partial charge on any atom is -0.477 e. The Labute approximate surface area is 118 Å². The topological polar surface area (TPSA) is 109 Å². The molecule has 0 saturated carbocycles.